The van der Waals surface area contributed by atoms with Crippen LogP contribution in [0.5, 0.6) is 0 Å². The highest BCUT2D eigenvalue weighted by Crippen LogP contribution is 2.24. The van der Waals surface area contributed by atoms with E-state index in [1.54, 1.807) is 0 Å². The quantitative estimate of drug-likeness (QED) is 0.421. The molecule has 2 heterocycles. The lowest BCUT2D eigenvalue weighted by Crippen LogP contribution is -2.41. The number of imidazole rings is 1. The SMILES string of the molecule is CC(=O)N[C@H](CSc1nc(Cl)nc2nc[nH]c12)C(=O)O. The van der Waals surface area contributed by atoms with Gasteiger partial charge in [-0.1, -0.05) is 0 Å². The molecule has 0 aliphatic carbocycles. The van der Waals surface area contributed by atoms with Crippen LogP contribution in [0.2, 0.25) is 5.28 Å². The number of nitrogens with one attached hydrogen (secondary N) is 2. The van der Waals surface area contributed by atoms with Gasteiger partial charge in [-0.15, -0.1) is 11.8 Å². The van der Waals surface area contributed by atoms with E-state index in [2.05, 4.69) is 25.3 Å². The van der Waals surface area contributed by atoms with Gasteiger partial charge < -0.3 is 15.4 Å². The van der Waals surface area contributed by atoms with E-state index >= 15 is 0 Å². The Morgan fingerprint density at radius 1 is 1.55 bits per heavy atom. The summed E-state index contributed by atoms with van der Waals surface area (Å²) < 4.78 is 0. The minimum absolute atomic E-state index is 0.0264. The molecule has 2 rings (SSSR count). The van der Waals surface area contributed by atoms with Gasteiger partial charge in [0.05, 0.1) is 6.33 Å². The van der Waals surface area contributed by atoms with Crippen LogP contribution in [0.25, 0.3) is 11.2 Å². The molecule has 10 heteroatoms. The molecule has 2 aromatic heterocycles. The molecular formula is C10H10ClN5O3S. The number of rotatable bonds is 5. The molecule has 0 saturated heterocycles. The van der Waals surface area contributed by atoms with Gasteiger partial charge in [0.25, 0.3) is 0 Å². The standard InChI is InChI=1S/C10H10ClN5O3S/c1-4(17)14-5(9(18)19)2-20-8-6-7(13-3-12-6)15-10(11)16-8/h3,5H,2H2,1H3,(H,14,17)(H,18,19)(H,12,13,15,16)/t5-/m1/s1. The van der Waals surface area contributed by atoms with Crippen molar-refractivity contribution in [3.63, 3.8) is 0 Å². The number of fused-ring (bicyclic) bond motifs is 1. The van der Waals surface area contributed by atoms with E-state index in [1.165, 1.54) is 13.3 Å². The van der Waals surface area contributed by atoms with Crippen molar-refractivity contribution in [2.45, 2.75) is 18.0 Å². The molecule has 8 nitrogen and oxygen atoms in total. The summed E-state index contributed by atoms with van der Waals surface area (Å²) in [6.07, 6.45) is 1.45. The second-order valence-electron chi connectivity index (χ2n) is 3.80. The fourth-order valence-electron chi connectivity index (χ4n) is 1.47. The van der Waals surface area contributed by atoms with Gasteiger partial charge in [-0.05, 0) is 11.6 Å². The van der Waals surface area contributed by atoms with Gasteiger partial charge in [-0.25, -0.2) is 14.8 Å². The Hall–Kier alpha value is -1.87. The number of aliphatic carboxylic acids is 1. The average Bonchev–Trinajstić information content (AvgIpc) is 2.81. The van der Waals surface area contributed by atoms with E-state index in [0.717, 1.165) is 11.8 Å². The summed E-state index contributed by atoms with van der Waals surface area (Å²) in [6.45, 7) is 1.26. The first kappa shape index (κ1) is 14.5. The van der Waals surface area contributed by atoms with Crippen LogP contribution in [-0.4, -0.2) is 48.7 Å². The lowest BCUT2D eigenvalue weighted by atomic mass is 10.3. The molecule has 1 amide bonds. The highest BCUT2D eigenvalue weighted by atomic mass is 35.5. The molecule has 0 aliphatic heterocycles. The number of nitrogens with zero attached hydrogens (tertiary/aromatic N) is 3. The van der Waals surface area contributed by atoms with E-state index in [-0.39, 0.29) is 11.0 Å². The van der Waals surface area contributed by atoms with Gasteiger partial charge >= 0.3 is 5.97 Å². The van der Waals surface area contributed by atoms with E-state index < -0.39 is 17.9 Å². The van der Waals surface area contributed by atoms with E-state index in [4.69, 9.17) is 16.7 Å². The third-order valence-electron chi connectivity index (χ3n) is 2.29. The zero-order valence-electron chi connectivity index (χ0n) is 10.3. The molecule has 0 saturated carbocycles. The van der Waals surface area contributed by atoms with Gasteiger partial charge in [0.15, 0.2) is 5.65 Å². The van der Waals surface area contributed by atoms with Crippen LogP contribution < -0.4 is 5.32 Å². The number of carboxylic acid groups (broad SMARTS) is 1. The van der Waals surface area contributed by atoms with E-state index in [1.807, 2.05) is 0 Å². The van der Waals surface area contributed by atoms with E-state index in [9.17, 15) is 9.59 Å². The summed E-state index contributed by atoms with van der Waals surface area (Å²) in [4.78, 5) is 36.7. The van der Waals surface area contributed by atoms with Crippen LogP contribution in [0.4, 0.5) is 0 Å². The summed E-state index contributed by atoms with van der Waals surface area (Å²) >= 11 is 6.91. The third kappa shape index (κ3) is 3.36. The fraction of sp³-hybridized carbons (Fsp3) is 0.300. The Bertz CT molecular complexity index is 661. The Balaban J connectivity index is 2.17. The summed E-state index contributed by atoms with van der Waals surface area (Å²) in [5.74, 6) is -1.42. The number of H-pyrrole nitrogens is 1. The van der Waals surface area contributed by atoms with Crippen LogP contribution in [0, 0.1) is 0 Å². The van der Waals surface area contributed by atoms with Gasteiger partial charge in [0, 0.05) is 12.7 Å². The van der Waals surface area contributed by atoms with Crippen LogP contribution >= 0.6 is 23.4 Å². The van der Waals surface area contributed by atoms with Crippen molar-refractivity contribution < 1.29 is 14.7 Å². The topological polar surface area (TPSA) is 121 Å². The molecule has 106 valence electrons. The van der Waals surface area contributed by atoms with Crippen molar-refractivity contribution >= 4 is 46.4 Å². The Morgan fingerprint density at radius 3 is 2.95 bits per heavy atom. The molecule has 0 aliphatic rings. The molecule has 0 bridgehead atoms. The van der Waals surface area contributed by atoms with Gasteiger partial charge in [-0.2, -0.15) is 4.98 Å². The number of hydrogen-bond acceptors (Lipinski definition) is 6. The van der Waals surface area contributed by atoms with Crippen molar-refractivity contribution in [1.82, 2.24) is 25.3 Å². The number of aromatic nitrogens is 4. The first-order chi connectivity index (χ1) is 9.47. The maximum absolute atomic E-state index is 11.0. The van der Waals surface area contributed by atoms with Crippen molar-refractivity contribution in [2.24, 2.45) is 0 Å². The first-order valence-electron chi connectivity index (χ1n) is 5.46. The Kier molecular flexibility index (Phi) is 4.40. The average molecular weight is 316 g/mol. The Labute approximate surface area is 122 Å². The van der Waals surface area contributed by atoms with Gasteiger partial charge in [0.2, 0.25) is 11.2 Å². The third-order valence-corrected chi connectivity index (χ3v) is 3.53. The lowest BCUT2D eigenvalue weighted by molar-refractivity contribution is -0.140. The monoisotopic (exact) mass is 315 g/mol. The number of thioether (sulfide) groups is 1. The molecule has 20 heavy (non-hydrogen) atoms. The lowest BCUT2D eigenvalue weighted by Gasteiger charge is -2.12. The van der Waals surface area contributed by atoms with Crippen molar-refractivity contribution in [3.05, 3.63) is 11.6 Å². The molecular weight excluding hydrogens is 306 g/mol. The van der Waals surface area contributed by atoms with Crippen molar-refractivity contribution in [1.29, 1.82) is 0 Å². The predicted octanol–water partition coefficient (Wildman–Crippen LogP) is 0.688. The van der Waals surface area contributed by atoms with Crippen molar-refractivity contribution in [2.75, 3.05) is 5.75 Å². The zero-order valence-corrected chi connectivity index (χ0v) is 11.8. The van der Waals surface area contributed by atoms with Gasteiger partial charge in [0.1, 0.15) is 16.6 Å². The highest BCUT2D eigenvalue weighted by Gasteiger charge is 2.20. The molecule has 0 radical (unpaired) electrons. The van der Waals surface area contributed by atoms with Crippen LogP contribution in [0.3, 0.4) is 0 Å². The number of aromatic amines is 1. The second-order valence-corrected chi connectivity index (χ2v) is 5.15. The summed E-state index contributed by atoms with van der Waals surface area (Å²) in [5, 5.41) is 11.9. The number of halogens is 1. The largest absolute Gasteiger partial charge is 0.480 e. The highest BCUT2D eigenvalue weighted by molar-refractivity contribution is 7.99. The predicted molar refractivity (Wildman–Crippen MR) is 72.7 cm³/mol. The van der Waals surface area contributed by atoms with Crippen molar-refractivity contribution in [3.8, 4) is 0 Å². The maximum atomic E-state index is 11.0. The Morgan fingerprint density at radius 2 is 2.30 bits per heavy atom. The minimum atomic E-state index is -1.12. The van der Waals surface area contributed by atoms with Crippen LogP contribution in [0.15, 0.2) is 11.4 Å². The molecule has 1 atom stereocenters. The second kappa shape index (κ2) is 6.06. The van der Waals surface area contributed by atoms with E-state index in [0.29, 0.717) is 16.2 Å². The summed E-state index contributed by atoms with van der Waals surface area (Å²) in [5.41, 5.74) is 0.977. The molecule has 0 unspecified atom stereocenters. The first-order valence-corrected chi connectivity index (χ1v) is 6.83. The molecule has 3 N–H and O–H groups in total. The molecule has 2 aromatic rings. The fourth-order valence-corrected chi connectivity index (χ4v) is 2.68. The van der Waals surface area contributed by atoms with Gasteiger partial charge in [-0.3, -0.25) is 4.79 Å². The zero-order chi connectivity index (χ0) is 14.7. The van der Waals surface area contributed by atoms with Crippen LogP contribution in [0.1, 0.15) is 6.92 Å². The number of carbonyl (C=O) groups is 2. The molecule has 0 fully saturated rings. The summed E-state index contributed by atoms with van der Waals surface area (Å²) in [7, 11) is 0. The smallest absolute Gasteiger partial charge is 0.327 e. The molecule has 0 spiro atoms. The normalized spacial score (nSPS) is 12.3. The number of carbonyl (C=O) groups excluding carboxylic acids is 1. The van der Waals surface area contributed by atoms with Crippen LogP contribution in [-0.2, 0) is 9.59 Å². The maximum Gasteiger partial charge on any atom is 0.327 e. The number of amides is 1. The molecule has 0 aromatic carbocycles. The summed E-state index contributed by atoms with van der Waals surface area (Å²) in [6, 6.07) is -1.01. The number of hydrogen-bond donors (Lipinski definition) is 3. The number of carboxylic acids is 1. The minimum Gasteiger partial charge on any atom is -0.480 e.